The molecule has 2 rings (SSSR count). The summed E-state index contributed by atoms with van der Waals surface area (Å²) in [6.07, 6.45) is -0.00607. The molecule has 0 saturated heterocycles. The Morgan fingerprint density at radius 2 is 2.08 bits per heavy atom. The highest BCUT2D eigenvalue weighted by Gasteiger charge is 2.22. The minimum absolute atomic E-state index is 0.0186. The maximum absolute atomic E-state index is 13.5. The normalized spacial score (nSPS) is 12.5. The molecule has 1 atom stereocenters. The summed E-state index contributed by atoms with van der Waals surface area (Å²) in [6, 6.07) is 6.01. The molecule has 1 unspecified atom stereocenters. The first-order chi connectivity index (χ1) is 11.3. The number of hydrogen-bond donors (Lipinski definition) is 1. The van der Waals surface area contributed by atoms with Crippen LogP contribution in [0.15, 0.2) is 24.3 Å². The molecule has 130 valence electrons. The number of hydrogen-bond acceptors (Lipinski definition) is 4. The lowest BCUT2D eigenvalue weighted by Gasteiger charge is -2.15. The lowest BCUT2D eigenvalue weighted by atomic mass is 10.2. The summed E-state index contributed by atoms with van der Waals surface area (Å²) in [4.78, 5) is 18.3. The summed E-state index contributed by atoms with van der Waals surface area (Å²) in [6.45, 7) is 5.95. The molecule has 1 N–H and O–H groups in total. The van der Waals surface area contributed by atoms with E-state index >= 15 is 0 Å². The van der Waals surface area contributed by atoms with E-state index in [0.29, 0.717) is 24.5 Å². The van der Waals surface area contributed by atoms with Gasteiger partial charge < -0.3 is 10.0 Å². The summed E-state index contributed by atoms with van der Waals surface area (Å²) in [5.41, 5.74) is 0.525. The van der Waals surface area contributed by atoms with Crippen LogP contribution in [-0.2, 0) is 0 Å². The molecule has 1 heterocycles. The summed E-state index contributed by atoms with van der Waals surface area (Å²) in [7, 11) is 1.64. The SMILES string of the molecule is CC(O)CCN(C)C(=O)c1nc(C(C)C)n(-c2cccc(F)c2)n1. The molecule has 0 radical (unpaired) electrons. The number of rotatable bonds is 6. The van der Waals surface area contributed by atoms with E-state index in [4.69, 9.17) is 0 Å². The summed E-state index contributed by atoms with van der Waals surface area (Å²) in [5, 5.41) is 13.6. The Morgan fingerprint density at radius 3 is 2.67 bits per heavy atom. The van der Waals surface area contributed by atoms with E-state index in [2.05, 4.69) is 10.1 Å². The van der Waals surface area contributed by atoms with Crippen molar-refractivity contribution in [1.29, 1.82) is 0 Å². The van der Waals surface area contributed by atoms with Gasteiger partial charge in [-0.2, -0.15) is 0 Å². The van der Waals surface area contributed by atoms with Crippen molar-refractivity contribution in [1.82, 2.24) is 19.7 Å². The number of carbonyl (C=O) groups is 1. The molecule has 7 heteroatoms. The van der Waals surface area contributed by atoms with E-state index in [9.17, 15) is 14.3 Å². The first-order valence-corrected chi connectivity index (χ1v) is 7.96. The molecule has 1 amide bonds. The number of aromatic nitrogens is 3. The fourth-order valence-corrected chi connectivity index (χ4v) is 2.24. The Hall–Kier alpha value is -2.28. The van der Waals surface area contributed by atoms with Gasteiger partial charge in [0.2, 0.25) is 5.82 Å². The van der Waals surface area contributed by atoms with Crippen LogP contribution in [0.5, 0.6) is 0 Å². The lowest BCUT2D eigenvalue weighted by Crippen LogP contribution is -2.30. The molecule has 2 aromatic rings. The molecule has 0 fully saturated rings. The third kappa shape index (κ3) is 4.17. The van der Waals surface area contributed by atoms with Gasteiger partial charge in [0.05, 0.1) is 11.8 Å². The average molecular weight is 334 g/mol. The van der Waals surface area contributed by atoms with Crippen molar-refractivity contribution in [3.05, 3.63) is 41.7 Å². The van der Waals surface area contributed by atoms with Crippen LogP contribution in [0.3, 0.4) is 0 Å². The van der Waals surface area contributed by atoms with E-state index in [1.165, 1.54) is 21.7 Å². The van der Waals surface area contributed by atoms with Crippen LogP contribution in [0.25, 0.3) is 5.69 Å². The van der Waals surface area contributed by atoms with Crippen molar-refractivity contribution in [2.45, 2.75) is 39.2 Å². The Kier molecular flexibility index (Phi) is 5.66. The van der Waals surface area contributed by atoms with Gasteiger partial charge in [-0.3, -0.25) is 4.79 Å². The second-order valence-corrected chi connectivity index (χ2v) is 6.20. The first-order valence-electron chi connectivity index (χ1n) is 7.96. The molecule has 0 aliphatic rings. The zero-order valence-corrected chi connectivity index (χ0v) is 14.4. The van der Waals surface area contributed by atoms with Crippen LogP contribution in [0.1, 0.15) is 49.6 Å². The molecule has 0 aliphatic heterocycles. The predicted octanol–water partition coefficient (Wildman–Crippen LogP) is 2.37. The van der Waals surface area contributed by atoms with Gasteiger partial charge in [0, 0.05) is 19.5 Å². The highest BCUT2D eigenvalue weighted by molar-refractivity contribution is 5.90. The predicted molar refractivity (Wildman–Crippen MR) is 88.7 cm³/mol. The number of benzene rings is 1. The van der Waals surface area contributed by atoms with Crippen LogP contribution in [-0.4, -0.2) is 50.4 Å². The molecule has 0 spiro atoms. The first kappa shape index (κ1) is 18.1. The van der Waals surface area contributed by atoms with E-state index in [1.54, 1.807) is 26.1 Å². The maximum atomic E-state index is 13.5. The van der Waals surface area contributed by atoms with E-state index in [1.807, 2.05) is 13.8 Å². The fourth-order valence-electron chi connectivity index (χ4n) is 2.24. The lowest BCUT2D eigenvalue weighted by molar-refractivity contribution is 0.0757. The smallest absolute Gasteiger partial charge is 0.293 e. The van der Waals surface area contributed by atoms with Gasteiger partial charge in [-0.1, -0.05) is 19.9 Å². The van der Waals surface area contributed by atoms with Gasteiger partial charge in [-0.25, -0.2) is 14.1 Å². The van der Waals surface area contributed by atoms with E-state index in [-0.39, 0.29) is 23.5 Å². The van der Waals surface area contributed by atoms with Crippen molar-refractivity contribution in [2.24, 2.45) is 0 Å². The third-order valence-electron chi connectivity index (χ3n) is 3.62. The maximum Gasteiger partial charge on any atom is 0.293 e. The van der Waals surface area contributed by atoms with Gasteiger partial charge in [0.15, 0.2) is 0 Å². The number of carbonyl (C=O) groups excluding carboxylic acids is 1. The Labute approximate surface area is 140 Å². The zero-order valence-electron chi connectivity index (χ0n) is 14.4. The topological polar surface area (TPSA) is 71.2 Å². The highest BCUT2D eigenvalue weighted by atomic mass is 19.1. The summed E-state index contributed by atoms with van der Waals surface area (Å²) >= 11 is 0. The quantitative estimate of drug-likeness (QED) is 0.880. The van der Waals surface area contributed by atoms with Gasteiger partial charge in [0.1, 0.15) is 11.6 Å². The molecular weight excluding hydrogens is 311 g/mol. The van der Waals surface area contributed by atoms with Crippen LogP contribution in [0.2, 0.25) is 0 Å². The number of amides is 1. The average Bonchev–Trinajstić information content (AvgIpc) is 2.97. The molecule has 1 aromatic heterocycles. The minimum atomic E-state index is -0.482. The Balaban J connectivity index is 2.33. The van der Waals surface area contributed by atoms with Crippen molar-refractivity contribution in [3.8, 4) is 5.69 Å². The van der Waals surface area contributed by atoms with Crippen molar-refractivity contribution >= 4 is 5.91 Å². The van der Waals surface area contributed by atoms with E-state index in [0.717, 1.165) is 0 Å². The molecular formula is C17H23FN4O2. The van der Waals surface area contributed by atoms with Gasteiger partial charge in [-0.05, 0) is 31.5 Å². The number of nitrogens with zero attached hydrogens (tertiary/aromatic N) is 4. The van der Waals surface area contributed by atoms with Crippen molar-refractivity contribution in [2.75, 3.05) is 13.6 Å². The van der Waals surface area contributed by atoms with E-state index < -0.39 is 6.10 Å². The number of halogens is 1. The number of aliphatic hydroxyl groups excluding tert-OH is 1. The van der Waals surface area contributed by atoms with Crippen LogP contribution < -0.4 is 0 Å². The van der Waals surface area contributed by atoms with Crippen molar-refractivity contribution in [3.63, 3.8) is 0 Å². The third-order valence-corrected chi connectivity index (χ3v) is 3.62. The zero-order chi connectivity index (χ0) is 17.9. The number of aliphatic hydroxyl groups is 1. The molecule has 0 bridgehead atoms. The van der Waals surface area contributed by atoms with Crippen LogP contribution >= 0.6 is 0 Å². The minimum Gasteiger partial charge on any atom is -0.393 e. The standard InChI is InChI=1S/C17H23FN4O2/c1-11(2)16-19-15(17(24)21(4)9-8-12(3)23)20-22(16)14-7-5-6-13(18)10-14/h5-7,10-12,23H,8-9H2,1-4H3. The van der Waals surface area contributed by atoms with Gasteiger partial charge in [-0.15, -0.1) is 5.10 Å². The van der Waals surface area contributed by atoms with Crippen LogP contribution in [0.4, 0.5) is 4.39 Å². The highest BCUT2D eigenvalue weighted by Crippen LogP contribution is 2.18. The largest absolute Gasteiger partial charge is 0.393 e. The fraction of sp³-hybridized carbons (Fsp3) is 0.471. The Morgan fingerprint density at radius 1 is 1.38 bits per heavy atom. The van der Waals surface area contributed by atoms with Gasteiger partial charge in [0.25, 0.3) is 5.91 Å². The molecule has 0 saturated carbocycles. The summed E-state index contributed by atoms with van der Waals surface area (Å²) < 4.78 is 15.0. The second-order valence-electron chi connectivity index (χ2n) is 6.20. The Bertz CT molecular complexity index is 712. The molecule has 24 heavy (non-hydrogen) atoms. The monoisotopic (exact) mass is 334 g/mol. The molecule has 0 aliphatic carbocycles. The summed E-state index contributed by atoms with van der Waals surface area (Å²) in [5.74, 6) is -0.0265. The van der Waals surface area contributed by atoms with Crippen molar-refractivity contribution < 1.29 is 14.3 Å². The molecule has 6 nitrogen and oxygen atoms in total. The van der Waals surface area contributed by atoms with Crippen LogP contribution in [0, 0.1) is 5.82 Å². The molecule has 1 aromatic carbocycles. The van der Waals surface area contributed by atoms with Gasteiger partial charge >= 0.3 is 0 Å². The second kappa shape index (κ2) is 7.53.